The van der Waals surface area contributed by atoms with E-state index < -0.39 is 0 Å². The highest BCUT2D eigenvalue weighted by Crippen LogP contribution is 2.41. The molecule has 0 aliphatic heterocycles. The Morgan fingerprint density at radius 2 is 2.00 bits per heavy atom. The number of aromatic nitrogens is 2. The predicted octanol–water partition coefficient (Wildman–Crippen LogP) is 2.30. The maximum Gasteiger partial charge on any atom is 0.222 e. The topological polar surface area (TPSA) is 122 Å². The zero-order valence-corrected chi connectivity index (χ0v) is 11.7. The minimum Gasteiger partial charge on any atom is -0.506 e. The fraction of sp³-hybridized carbons (Fsp3) is 0. The zero-order chi connectivity index (χ0) is 14.2. The van der Waals surface area contributed by atoms with Crippen molar-refractivity contribution < 1.29 is 5.11 Å². The average Bonchev–Trinajstić information content (AvgIpc) is 2.34. The van der Waals surface area contributed by atoms with Crippen LogP contribution in [0.15, 0.2) is 16.6 Å². The van der Waals surface area contributed by atoms with Gasteiger partial charge in [0.15, 0.2) is 0 Å². The molecule has 0 fully saturated rings. The summed E-state index contributed by atoms with van der Waals surface area (Å²) >= 11 is 9.11. The van der Waals surface area contributed by atoms with Crippen LogP contribution < -0.4 is 11.5 Å². The molecule has 0 saturated carbocycles. The number of rotatable bonds is 1. The van der Waals surface area contributed by atoms with Gasteiger partial charge in [0.05, 0.1) is 10.6 Å². The lowest BCUT2D eigenvalue weighted by Gasteiger charge is -2.11. The predicted molar refractivity (Wildman–Crippen MR) is 75.4 cm³/mol. The molecule has 0 aliphatic carbocycles. The lowest BCUT2D eigenvalue weighted by molar-refractivity contribution is 0.477. The van der Waals surface area contributed by atoms with E-state index in [2.05, 4.69) is 25.9 Å². The fourth-order valence-corrected chi connectivity index (χ4v) is 2.22. The molecule has 0 bridgehead atoms. The van der Waals surface area contributed by atoms with Crippen LogP contribution in [0, 0.1) is 11.3 Å². The molecule has 0 radical (unpaired) electrons. The Kier molecular flexibility index (Phi) is 3.46. The maximum atomic E-state index is 10.0. The number of nitrogen functional groups attached to an aromatic ring is 2. The zero-order valence-electron chi connectivity index (χ0n) is 9.35. The van der Waals surface area contributed by atoms with Crippen molar-refractivity contribution in [2.75, 3.05) is 11.5 Å². The summed E-state index contributed by atoms with van der Waals surface area (Å²) in [5, 5.41) is 19.3. The molecule has 6 nitrogen and oxygen atoms in total. The molecule has 2 aromatic rings. The van der Waals surface area contributed by atoms with Gasteiger partial charge in [0, 0.05) is 4.47 Å². The van der Waals surface area contributed by atoms with Gasteiger partial charge in [-0.05, 0) is 28.1 Å². The Balaban J connectivity index is 2.87. The van der Waals surface area contributed by atoms with Gasteiger partial charge in [-0.25, -0.2) is 4.98 Å². The quantitative estimate of drug-likeness (QED) is 0.732. The van der Waals surface area contributed by atoms with Gasteiger partial charge in [0.25, 0.3) is 0 Å². The largest absolute Gasteiger partial charge is 0.506 e. The number of phenols is 1. The third-order valence-electron chi connectivity index (χ3n) is 2.38. The van der Waals surface area contributed by atoms with E-state index in [0.717, 1.165) is 0 Å². The molecule has 1 aromatic heterocycles. The molecule has 0 saturated heterocycles. The van der Waals surface area contributed by atoms with Crippen LogP contribution in [0.5, 0.6) is 5.75 Å². The molecule has 1 aromatic carbocycles. The minimum atomic E-state index is -0.218. The normalized spacial score (nSPS) is 10.2. The molecule has 96 valence electrons. The van der Waals surface area contributed by atoms with E-state index in [1.54, 1.807) is 6.07 Å². The molecule has 8 heteroatoms. The van der Waals surface area contributed by atoms with Crippen LogP contribution in [-0.2, 0) is 0 Å². The van der Waals surface area contributed by atoms with Gasteiger partial charge >= 0.3 is 0 Å². The molecule has 2 rings (SSSR count). The van der Waals surface area contributed by atoms with Crippen LogP contribution in [0.1, 0.15) is 5.56 Å². The van der Waals surface area contributed by atoms with Gasteiger partial charge in [0.1, 0.15) is 28.9 Å². The number of phenolic OH excluding ortho intramolecular Hbond substituents is 1. The fourth-order valence-electron chi connectivity index (χ4n) is 1.55. The summed E-state index contributed by atoms with van der Waals surface area (Å²) in [6, 6.07) is 5.01. The minimum absolute atomic E-state index is 0.0208. The lowest BCUT2D eigenvalue weighted by Crippen LogP contribution is -2.05. The number of aromatic hydroxyl groups is 1. The molecule has 19 heavy (non-hydrogen) atoms. The molecule has 0 atom stereocenters. The Morgan fingerprint density at radius 3 is 2.63 bits per heavy atom. The molecular weight excluding hydrogens is 334 g/mol. The monoisotopic (exact) mass is 339 g/mol. The summed E-state index contributed by atoms with van der Waals surface area (Å²) in [7, 11) is 0. The summed E-state index contributed by atoms with van der Waals surface area (Å²) in [4.78, 5) is 7.66. The van der Waals surface area contributed by atoms with Crippen molar-refractivity contribution in [1.29, 1.82) is 5.26 Å². The van der Waals surface area contributed by atoms with Crippen molar-refractivity contribution >= 4 is 39.3 Å². The summed E-state index contributed by atoms with van der Waals surface area (Å²) < 4.78 is 0.503. The van der Waals surface area contributed by atoms with Gasteiger partial charge in [-0.15, -0.1) is 0 Å². The highest BCUT2D eigenvalue weighted by Gasteiger charge is 2.20. The number of hydrogen-bond donors (Lipinski definition) is 3. The van der Waals surface area contributed by atoms with E-state index in [-0.39, 0.29) is 39.4 Å². The Bertz CT molecular complexity index is 713. The number of nitriles is 1. The van der Waals surface area contributed by atoms with Crippen LogP contribution in [0.25, 0.3) is 11.3 Å². The number of halogens is 2. The van der Waals surface area contributed by atoms with Gasteiger partial charge < -0.3 is 16.6 Å². The van der Waals surface area contributed by atoms with Crippen LogP contribution in [0.4, 0.5) is 11.8 Å². The third kappa shape index (κ3) is 2.28. The Morgan fingerprint density at radius 1 is 1.32 bits per heavy atom. The van der Waals surface area contributed by atoms with Crippen molar-refractivity contribution in [2.45, 2.75) is 0 Å². The number of benzene rings is 1. The Hall–Kier alpha value is -2.04. The first-order valence-electron chi connectivity index (χ1n) is 4.96. The summed E-state index contributed by atoms with van der Waals surface area (Å²) in [6.45, 7) is 0. The first-order chi connectivity index (χ1) is 8.95. The molecule has 1 heterocycles. The van der Waals surface area contributed by atoms with Crippen molar-refractivity contribution in [1.82, 2.24) is 9.97 Å². The van der Waals surface area contributed by atoms with Crippen LogP contribution in [0.3, 0.4) is 0 Å². The van der Waals surface area contributed by atoms with E-state index >= 15 is 0 Å². The smallest absolute Gasteiger partial charge is 0.222 e. The first kappa shape index (κ1) is 13.4. The second-order valence-electron chi connectivity index (χ2n) is 3.56. The van der Waals surface area contributed by atoms with E-state index in [0.29, 0.717) is 4.47 Å². The standard InChI is InChI=1S/C11H7BrClN5O/c12-5-1-2-6(13)9(19)7(5)8-4(3-14)10(15)18-11(16)17-8/h1-2,19H,(H4,15,16,17,18). The number of anilines is 2. The molecule has 0 aliphatic rings. The summed E-state index contributed by atoms with van der Waals surface area (Å²) in [6.07, 6.45) is 0. The highest BCUT2D eigenvalue weighted by atomic mass is 79.9. The summed E-state index contributed by atoms with van der Waals surface area (Å²) in [5.41, 5.74) is 11.5. The van der Waals surface area contributed by atoms with E-state index in [1.807, 2.05) is 6.07 Å². The van der Waals surface area contributed by atoms with Crippen molar-refractivity contribution in [3.05, 3.63) is 27.2 Å². The molecule has 0 amide bonds. The van der Waals surface area contributed by atoms with Crippen LogP contribution in [0.2, 0.25) is 5.02 Å². The second-order valence-corrected chi connectivity index (χ2v) is 4.82. The second kappa shape index (κ2) is 4.91. The average molecular weight is 341 g/mol. The number of nitrogens with zero attached hydrogens (tertiary/aromatic N) is 3. The third-order valence-corrected chi connectivity index (χ3v) is 3.35. The van der Waals surface area contributed by atoms with E-state index in [1.165, 1.54) is 6.07 Å². The van der Waals surface area contributed by atoms with Gasteiger partial charge in [-0.3, -0.25) is 0 Å². The van der Waals surface area contributed by atoms with Gasteiger partial charge in [-0.2, -0.15) is 10.2 Å². The van der Waals surface area contributed by atoms with E-state index in [9.17, 15) is 5.11 Å². The van der Waals surface area contributed by atoms with Gasteiger partial charge in [-0.1, -0.05) is 11.6 Å². The van der Waals surface area contributed by atoms with Gasteiger partial charge in [0.2, 0.25) is 5.95 Å². The first-order valence-corrected chi connectivity index (χ1v) is 6.13. The Labute approximate surface area is 121 Å². The van der Waals surface area contributed by atoms with E-state index in [4.69, 9.17) is 28.3 Å². The van der Waals surface area contributed by atoms with Crippen LogP contribution in [-0.4, -0.2) is 15.1 Å². The molecular formula is C11H7BrClN5O. The SMILES string of the molecule is N#Cc1c(N)nc(N)nc1-c1c(Br)ccc(Cl)c1O. The molecule has 5 N–H and O–H groups in total. The van der Waals surface area contributed by atoms with Crippen molar-refractivity contribution in [3.8, 4) is 23.1 Å². The molecule has 0 unspecified atom stereocenters. The van der Waals surface area contributed by atoms with Crippen molar-refractivity contribution in [2.24, 2.45) is 0 Å². The number of hydrogen-bond acceptors (Lipinski definition) is 6. The maximum absolute atomic E-state index is 10.0. The molecule has 0 spiro atoms. The van der Waals surface area contributed by atoms with Crippen LogP contribution >= 0.6 is 27.5 Å². The summed E-state index contributed by atoms with van der Waals surface area (Å²) in [5.74, 6) is -0.376. The van der Waals surface area contributed by atoms with Crippen molar-refractivity contribution in [3.63, 3.8) is 0 Å². The number of nitrogens with two attached hydrogens (primary N) is 2. The highest BCUT2D eigenvalue weighted by molar-refractivity contribution is 9.10. The lowest BCUT2D eigenvalue weighted by atomic mass is 10.1.